The Bertz CT molecular complexity index is 194. The minimum Gasteiger partial charge on any atom is -0.352 e. The molecule has 1 atom stereocenters. The molecule has 1 rings (SSSR count). The van der Waals surface area contributed by atoms with Crippen molar-refractivity contribution < 1.29 is 4.79 Å². The monoisotopic (exact) mass is 212 g/mol. The van der Waals surface area contributed by atoms with Gasteiger partial charge >= 0.3 is 0 Å². The van der Waals surface area contributed by atoms with Crippen molar-refractivity contribution in [1.29, 1.82) is 0 Å². The molecule has 1 fully saturated rings. The molecular weight excluding hydrogens is 188 g/mol. The zero-order valence-electron chi connectivity index (χ0n) is 9.96. The molecular formula is C12H24N2O. The van der Waals surface area contributed by atoms with Gasteiger partial charge in [0.25, 0.3) is 0 Å². The van der Waals surface area contributed by atoms with Gasteiger partial charge < -0.3 is 11.1 Å². The van der Waals surface area contributed by atoms with Gasteiger partial charge in [-0.15, -0.1) is 0 Å². The molecule has 1 saturated carbocycles. The van der Waals surface area contributed by atoms with E-state index in [-0.39, 0.29) is 17.9 Å². The predicted octanol–water partition coefficient (Wildman–Crippen LogP) is 1.67. The SMILES string of the molecule is CCC(CN)NC(=O)C1CCC(C)CC1. The van der Waals surface area contributed by atoms with Crippen LogP contribution in [0.2, 0.25) is 0 Å². The second-order valence-corrected chi connectivity index (χ2v) is 4.81. The number of hydrogen-bond donors (Lipinski definition) is 2. The molecule has 1 aliphatic rings. The van der Waals surface area contributed by atoms with Gasteiger partial charge in [0, 0.05) is 18.5 Å². The van der Waals surface area contributed by atoms with E-state index in [0.717, 1.165) is 25.2 Å². The molecule has 15 heavy (non-hydrogen) atoms. The van der Waals surface area contributed by atoms with Gasteiger partial charge in [0.2, 0.25) is 5.91 Å². The van der Waals surface area contributed by atoms with Gasteiger partial charge in [0.15, 0.2) is 0 Å². The fourth-order valence-electron chi connectivity index (χ4n) is 2.17. The van der Waals surface area contributed by atoms with E-state index in [9.17, 15) is 4.79 Å². The smallest absolute Gasteiger partial charge is 0.223 e. The van der Waals surface area contributed by atoms with E-state index in [2.05, 4.69) is 19.2 Å². The Labute approximate surface area is 92.8 Å². The van der Waals surface area contributed by atoms with Crippen LogP contribution in [0.3, 0.4) is 0 Å². The second-order valence-electron chi connectivity index (χ2n) is 4.81. The Hall–Kier alpha value is -0.570. The normalized spacial score (nSPS) is 28.5. The summed E-state index contributed by atoms with van der Waals surface area (Å²) in [6.45, 7) is 4.87. The maximum atomic E-state index is 11.9. The summed E-state index contributed by atoms with van der Waals surface area (Å²) in [5.41, 5.74) is 5.57. The molecule has 0 aromatic heterocycles. The van der Waals surface area contributed by atoms with Crippen molar-refractivity contribution in [2.24, 2.45) is 17.6 Å². The fourth-order valence-corrected chi connectivity index (χ4v) is 2.17. The Kier molecular flexibility index (Phi) is 5.09. The summed E-state index contributed by atoms with van der Waals surface area (Å²) in [5.74, 6) is 1.26. The number of rotatable bonds is 4. The van der Waals surface area contributed by atoms with E-state index < -0.39 is 0 Å². The van der Waals surface area contributed by atoms with Crippen molar-refractivity contribution in [3.05, 3.63) is 0 Å². The quantitative estimate of drug-likeness (QED) is 0.744. The minimum absolute atomic E-state index is 0.164. The highest BCUT2D eigenvalue weighted by molar-refractivity contribution is 5.79. The Morgan fingerprint density at radius 3 is 2.47 bits per heavy atom. The minimum atomic E-state index is 0.164. The highest BCUT2D eigenvalue weighted by atomic mass is 16.1. The molecule has 1 aliphatic carbocycles. The molecule has 1 unspecified atom stereocenters. The predicted molar refractivity (Wildman–Crippen MR) is 62.4 cm³/mol. The Morgan fingerprint density at radius 1 is 1.40 bits per heavy atom. The molecule has 1 amide bonds. The van der Waals surface area contributed by atoms with E-state index >= 15 is 0 Å². The van der Waals surface area contributed by atoms with Crippen molar-refractivity contribution in [2.45, 2.75) is 52.0 Å². The van der Waals surface area contributed by atoms with Crippen LogP contribution in [0.15, 0.2) is 0 Å². The third-order valence-corrected chi connectivity index (χ3v) is 3.51. The zero-order chi connectivity index (χ0) is 11.3. The standard InChI is InChI=1S/C12H24N2O/c1-3-11(8-13)14-12(15)10-6-4-9(2)5-7-10/h9-11H,3-8,13H2,1-2H3,(H,14,15). The summed E-state index contributed by atoms with van der Waals surface area (Å²) < 4.78 is 0. The molecule has 0 radical (unpaired) electrons. The summed E-state index contributed by atoms with van der Waals surface area (Å²) in [7, 11) is 0. The van der Waals surface area contributed by atoms with Gasteiger partial charge in [-0.05, 0) is 38.0 Å². The van der Waals surface area contributed by atoms with Gasteiger partial charge in [-0.3, -0.25) is 4.79 Å². The molecule has 0 aliphatic heterocycles. The molecule has 0 heterocycles. The van der Waals surface area contributed by atoms with Gasteiger partial charge in [0.05, 0.1) is 0 Å². The summed E-state index contributed by atoms with van der Waals surface area (Å²) >= 11 is 0. The lowest BCUT2D eigenvalue weighted by molar-refractivity contribution is -0.126. The third kappa shape index (κ3) is 3.82. The van der Waals surface area contributed by atoms with Crippen LogP contribution in [0.1, 0.15) is 46.0 Å². The maximum absolute atomic E-state index is 11.9. The maximum Gasteiger partial charge on any atom is 0.223 e. The third-order valence-electron chi connectivity index (χ3n) is 3.51. The summed E-state index contributed by atoms with van der Waals surface area (Å²) in [6.07, 6.45) is 5.41. The molecule has 0 bridgehead atoms. The van der Waals surface area contributed by atoms with Crippen molar-refractivity contribution in [3.63, 3.8) is 0 Å². The van der Waals surface area contributed by atoms with Crippen molar-refractivity contribution >= 4 is 5.91 Å². The lowest BCUT2D eigenvalue weighted by Gasteiger charge is -2.26. The van der Waals surface area contributed by atoms with Crippen LogP contribution in [0.5, 0.6) is 0 Å². The summed E-state index contributed by atoms with van der Waals surface area (Å²) in [5, 5.41) is 3.04. The largest absolute Gasteiger partial charge is 0.352 e. The fraction of sp³-hybridized carbons (Fsp3) is 0.917. The summed E-state index contributed by atoms with van der Waals surface area (Å²) in [6, 6.07) is 0.164. The first-order valence-electron chi connectivity index (χ1n) is 6.17. The van der Waals surface area contributed by atoms with E-state index in [1.54, 1.807) is 0 Å². The summed E-state index contributed by atoms with van der Waals surface area (Å²) in [4.78, 5) is 11.9. The van der Waals surface area contributed by atoms with E-state index in [1.165, 1.54) is 12.8 Å². The van der Waals surface area contributed by atoms with Crippen LogP contribution in [-0.4, -0.2) is 18.5 Å². The van der Waals surface area contributed by atoms with Gasteiger partial charge in [0.1, 0.15) is 0 Å². The number of nitrogens with one attached hydrogen (secondary N) is 1. The first-order chi connectivity index (χ1) is 7.17. The number of nitrogens with two attached hydrogens (primary N) is 1. The number of carbonyl (C=O) groups is 1. The first-order valence-corrected chi connectivity index (χ1v) is 6.17. The van der Waals surface area contributed by atoms with Crippen LogP contribution < -0.4 is 11.1 Å². The topological polar surface area (TPSA) is 55.1 Å². The molecule has 0 saturated heterocycles. The van der Waals surface area contributed by atoms with Crippen molar-refractivity contribution in [1.82, 2.24) is 5.32 Å². The molecule has 3 nitrogen and oxygen atoms in total. The molecule has 0 aromatic rings. The van der Waals surface area contributed by atoms with Gasteiger partial charge in [-0.2, -0.15) is 0 Å². The van der Waals surface area contributed by atoms with E-state index in [0.29, 0.717) is 6.54 Å². The van der Waals surface area contributed by atoms with Crippen LogP contribution >= 0.6 is 0 Å². The lowest BCUT2D eigenvalue weighted by atomic mass is 9.82. The second kappa shape index (κ2) is 6.11. The van der Waals surface area contributed by atoms with Crippen LogP contribution in [-0.2, 0) is 4.79 Å². The van der Waals surface area contributed by atoms with Gasteiger partial charge in [-0.1, -0.05) is 13.8 Å². The van der Waals surface area contributed by atoms with Crippen molar-refractivity contribution in [2.75, 3.05) is 6.54 Å². The van der Waals surface area contributed by atoms with Gasteiger partial charge in [-0.25, -0.2) is 0 Å². The molecule has 3 N–H and O–H groups in total. The molecule has 88 valence electrons. The number of carbonyl (C=O) groups excluding carboxylic acids is 1. The molecule has 3 heteroatoms. The zero-order valence-corrected chi connectivity index (χ0v) is 9.96. The highest BCUT2D eigenvalue weighted by Gasteiger charge is 2.25. The Balaban J connectivity index is 2.33. The first kappa shape index (κ1) is 12.5. The average molecular weight is 212 g/mol. The van der Waals surface area contributed by atoms with Crippen LogP contribution in [0.4, 0.5) is 0 Å². The number of hydrogen-bond acceptors (Lipinski definition) is 2. The highest BCUT2D eigenvalue weighted by Crippen LogP contribution is 2.28. The molecule has 0 spiro atoms. The van der Waals surface area contributed by atoms with E-state index in [1.807, 2.05) is 0 Å². The van der Waals surface area contributed by atoms with Crippen LogP contribution in [0.25, 0.3) is 0 Å². The van der Waals surface area contributed by atoms with Crippen molar-refractivity contribution in [3.8, 4) is 0 Å². The average Bonchev–Trinajstić information content (AvgIpc) is 2.26. The van der Waals surface area contributed by atoms with E-state index in [4.69, 9.17) is 5.73 Å². The lowest BCUT2D eigenvalue weighted by Crippen LogP contribution is -2.43. The molecule has 0 aromatic carbocycles. The Morgan fingerprint density at radius 2 is 2.00 bits per heavy atom. The van der Waals surface area contributed by atoms with Crippen LogP contribution in [0, 0.1) is 11.8 Å². The number of amides is 1.